The second kappa shape index (κ2) is 9.03. The summed E-state index contributed by atoms with van der Waals surface area (Å²) in [5.41, 5.74) is 3.90. The number of aliphatic hydroxyl groups excluding tert-OH is 1. The molecule has 160 valence electrons. The predicted molar refractivity (Wildman–Crippen MR) is 121 cm³/mol. The predicted octanol–water partition coefficient (Wildman–Crippen LogP) is 5.50. The highest BCUT2D eigenvalue weighted by atomic mass is 19.1. The molecule has 31 heavy (non-hydrogen) atoms. The van der Waals surface area contributed by atoms with Crippen molar-refractivity contribution < 1.29 is 14.3 Å². The van der Waals surface area contributed by atoms with Crippen LogP contribution in [0.15, 0.2) is 78.9 Å². The van der Waals surface area contributed by atoms with Gasteiger partial charge in [0.05, 0.1) is 6.04 Å². The molecule has 0 radical (unpaired) electrons. The van der Waals surface area contributed by atoms with Crippen LogP contribution >= 0.6 is 0 Å². The third-order valence-electron chi connectivity index (χ3n) is 6.66. The Balaban J connectivity index is 1.50. The number of piperidine rings is 1. The highest BCUT2D eigenvalue weighted by Crippen LogP contribution is 2.41. The zero-order valence-corrected chi connectivity index (χ0v) is 17.8. The summed E-state index contributed by atoms with van der Waals surface area (Å²) in [6.45, 7) is 2.80. The first-order valence-corrected chi connectivity index (χ1v) is 10.8. The smallest absolute Gasteiger partial charge is 0.223 e. The van der Waals surface area contributed by atoms with Gasteiger partial charge in [-0.05, 0) is 54.2 Å². The minimum atomic E-state index is -0.296. The van der Waals surface area contributed by atoms with Gasteiger partial charge in [-0.3, -0.25) is 4.79 Å². The lowest BCUT2D eigenvalue weighted by molar-refractivity contribution is -0.138. The third-order valence-corrected chi connectivity index (χ3v) is 6.66. The van der Waals surface area contributed by atoms with Gasteiger partial charge in [-0.15, -0.1) is 0 Å². The number of benzene rings is 3. The molecule has 1 amide bonds. The van der Waals surface area contributed by atoms with Crippen LogP contribution in [0.3, 0.4) is 0 Å². The van der Waals surface area contributed by atoms with Crippen molar-refractivity contribution in [1.82, 2.24) is 4.90 Å². The molecule has 0 saturated carbocycles. The minimum Gasteiger partial charge on any atom is -0.396 e. The molecule has 3 aromatic carbocycles. The highest BCUT2D eigenvalue weighted by molar-refractivity contribution is 5.79. The number of halogens is 1. The van der Waals surface area contributed by atoms with E-state index in [4.69, 9.17) is 0 Å². The number of rotatable bonds is 6. The number of carbonyl (C=O) groups excluding carboxylic acids is 1. The number of amides is 1. The van der Waals surface area contributed by atoms with Crippen molar-refractivity contribution in [3.8, 4) is 11.1 Å². The van der Waals surface area contributed by atoms with Crippen molar-refractivity contribution in [1.29, 1.82) is 0 Å². The molecule has 1 aliphatic heterocycles. The Kier molecular flexibility index (Phi) is 6.19. The Morgan fingerprint density at radius 1 is 0.968 bits per heavy atom. The number of nitrogens with zero attached hydrogens (tertiary/aromatic N) is 1. The third kappa shape index (κ3) is 4.40. The molecule has 4 heteroatoms. The van der Waals surface area contributed by atoms with Gasteiger partial charge in [0.25, 0.3) is 0 Å². The average molecular weight is 418 g/mol. The van der Waals surface area contributed by atoms with Crippen molar-refractivity contribution >= 4 is 5.91 Å². The second-order valence-electron chi connectivity index (χ2n) is 8.44. The van der Waals surface area contributed by atoms with Crippen molar-refractivity contribution in [2.24, 2.45) is 0 Å². The number of likely N-dealkylation sites (tertiary alicyclic amines) is 1. The fourth-order valence-electron chi connectivity index (χ4n) is 4.73. The highest BCUT2D eigenvalue weighted by Gasteiger charge is 2.41. The van der Waals surface area contributed by atoms with E-state index in [2.05, 4.69) is 19.1 Å². The molecule has 0 unspecified atom stereocenters. The summed E-state index contributed by atoms with van der Waals surface area (Å²) in [7, 11) is 0. The summed E-state index contributed by atoms with van der Waals surface area (Å²) in [6, 6.07) is 24.7. The van der Waals surface area contributed by atoms with E-state index in [1.165, 1.54) is 12.1 Å². The van der Waals surface area contributed by atoms with Crippen LogP contribution in [0.2, 0.25) is 0 Å². The molecule has 3 aromatic rings. The fourth-order valence-corrected chi connectivity index (χ4v) is 4.73. The summed E-state index contributed by atoms with van der Waals surface area (Å²) in [4.78, 5) is 15.2. The molecular formula is C27H28FNO2. The lowest BCUT2D eigenvalue weighted by Gasteiger charge is -2.43. The maximum atomic E-state index is 13.2. The summed E-state index contributed by atoms with van der Waals surface area (Å²) in [5.74, 6) is -0.121. The van der Waals surface area contributed by atoms with Gasteiger partial charge in [-0.2, -0.15) is 0 Å². The van der Waals surface area contributed by atoms with Crippen molar-refractivity contribution in [2.45, 2.75) is 37.6 Å². The summed E-state index contributed by atoms with van der Waals surface area (Å²) >= 11 is 0. The van der Waals surface area contributed by atoms with E-state index in [-0.39, 0.29) is 29.8 Å². The van der Waals surface area contributed by atoms with Gasteiger partial charge in [-0.25, -0.2) is 4.39 Å². The molecule has 1 aliphatic rings. The molecule has 1 saturated heterocycles. The van der Waals surface area contributed by atoms with Crippen molar-refractivity contribution in [2.75, 3.05) is 13.2 Å². The van der Waals surface area contributed by atoms with E-state index in [0.29, 0.717) is 19.4 Å². The fraction of sp³-hybridized carbons (Fsp3) is 0.296. The molecule has 1 fully saturated rings. The number of aliphatic hydroxyl groups is 1. The van der Waals surface area contributed by atoms with Crippen LogP contribution in [0, 0.1) is 5.82 Å². The van der Waals surface area contributed by atoms with Crippen molar-refractivity contribution in [3.63, 3.8) is 0 Å². The van der Waals surface area contributed by atoms with E-state index in [9.17, 15) is 14.3 Å². The van der Waals surface area contributed by atoms with E-state index in [1.54, 1.807) is 12.1 Å². The summed E-state index contributed by atoms with van der Waals surface area (Å²) in [6.07, 6.45) is 1.84. The maximum absolute atomic E-state index is 13.2. The molecule has 1 heterocycles. The zero-order valence-electron chi connectivity index (χ0n) is 17.8. The standard InChI is InChI=1S/C27H28FNO2/c1-20(21-7-9-22(10-8-21)23-11-13-25(28)14-12-23)29-17-15-27(16-18-30,19-26(29)31)24-5-3-2-4-6-24/h2-14,20,30H,15-19H2,1H3/t20-,27+/m1/s1. The Morgan fingerprint density at radius 3 is 2.16 bits per heavy atom. The topological polar surface area (TPSA) is 40.5 Å². The Labute approximate surface area is 183 Å². The molecule has 0 bridgehead atoms. The first-order chi connectivity index (χ1) is 15.0. The van der Waals surface area contributed by atoms with Crippen LogP contribution in [0.25, 0.3) is 11.1 Å². The van der Waals surface area contributed by atoms with Gasteiger partial charge in [0.1, 0.15) is 5.82 Å². The van der Waals surface area contributed by atoms with Crippen LogP contribution in [-0.4, -0.2) is 29.1 Å². The van der Waals surface area contributed by atoms with Crippen molar-refractivity contribution in [3.05, 3.63) is 95.8 Å². The number of hydrogen-bond donors (Lipinski definition) is 1. The zero-order chi connectivity index (χ0) is 21.8. The van der Waals surface area contributed by atoms with Crippen LogP contribution in [0.1, 0.15) is 43.4 Å². The Hall–Kier alpha value is -2.98. The number of hydrogen-bond acceptors (Lipinski definition) is 2. The first kappa shape index (κ1) is 21.3. The minimum absolute atomic E-state index is 0.0299. The molecule has 0 aliphatic carbocycles. The molecule has 1 N–H and O–H groups in total. The van der Waals surface area contributed by atoms with Gasteiger partial charge >= 0.3 is 0 Å². The number of carbonyl (C=O) groups is 1. The monoisotopic (exact) mass is 417 g/mol. The SMILES string of the molecule is C[C@H](c1ccc(-c2ccc(F)cc2)cc1)N1CC[C@@](CCO)(c2ccccc2)CC1=O. The van der Waals surface area contributed by atoms with E-state index in [0.717, 1.165) is 28.7 Å². The van der Waals surface area contributed by atoms with Gasteiger partial charge in [0.15, 0.2) is 0 Å². The normalized spacial score (nSPS) is 20.0. The molecular weight excluding hydrogens is 389 g/mol. The molecule has 0 aromatic heterocycles. The second-order valence-corrected chi connectivity index (χ2v) is 8.44. The van der Waals surface area contributed by atoms with Gasteiger partial charge in [0.2, 0.25) is 5.91 Å². The summed E-state index contributed by atoms with van der Waals surface area (Å²) in [5, 5.41) is 9.67. The molecule has 4 rings (SSSR count). The Morgan fingerprint density at radius 2 is 1.58 bits per heavy atom. The molecule has 3 nitrogen and oxygen atoms in total. The average Bonchev–Trinajstić information content (AvgIpc) is 2.80. The lowest BCUT2D eigenvalue weighted by atomic mass is 9.70. The van der Waals surface area contributed by atoms with E-state index >= 15 is 0 Å². The van der Waals surface area contributed by atoms with Crippen LogP contribution in [0.5, 0.6) is 0 Å². The quantitative estimate of drug-likeness (QED) is 0.576. The van der Waals surface area contributed by atoms with Crippen LogP contribution in [0.4, 0.5) is 4.39 Å². The maximum Gasteiger partial charge on any atom is 0.223 e. The van der Waals surface area contributed by atoms with E-state index in [1.807, 2.05) is 47.4 Å². The van der Waals surface area contributed by atoms with Crippen LogP contribution in [-0.2, 0) is 10.2 Å². The largest absolute Gasteiger partial charge is 0.396 e. The first-order valence-electron chi connectivity index (χ1n) is 10.8. The molecule has 2 atom stereocenters. The van der Waals surface area contributed by atoms with Crippen LogP contribution < -0.4 is 0 Å². The van der Waals surface area contributed by atoms with Gasteiger partial charge < -0.3 is 10.0 Å². The Bertz CT molecular complexity index is 1020. The summed E-state index contributed by atoms with van der Waals surface area (Å²) < 4.78 is 13.2. The lowest BCUT2D eigenvalue weighted by Crippen LogP contribution is -2.47. The van der Waals surface area contributed by atoms with Gasteiger partial charge in [0, 0.05) is 25.0 Å². The molecule has 0 spiro atoms. The van der Waals surface area contributed by atoms with Gasteiger partial charge in [-0.1, -0.05) is 66.7 Å². The van der Waals surface area contributed by atoms with E-state index < -0.39 is 0 Å².